The Kier molecular flexibility index (Phi) is 7.49. The zero-order chi connectivity index (χ0) is 19.8. The van der Waals surface area contributed by atoms with E-state index in [-0.39, 0.29) is 12.5 Å². The Balaban J connectivity index is 1.53. The van der Waals surface area contributed by atoms with Crippen molar-refractivity contribution >= 4 is 5.91 Å². The highest BCUT2D eigenvalue weighted by atomic mass is 16.5. The third-order valence-electron chi connectivity index (χ3n) is 5.61. The number of carbonyl (C=O) groups excluding carboxylic acids is 1. The molecule has 1 heterocycles. The molecule has 28 heavy (non-hydrogen) atoms. The maximum absolute atomic E-state index is 12.3. The van der Waals surface area contributed by atoms with E-state index in [2.05, 4.69) is 48.3 Å². The van der Waals surface area contributed by atoms with E-state index in [1.807, 2.05) is 24.3 Å². The fraction of sp³-hybridized carbons (Fsp3) is 0.458. The fourth-order valence-corrected chi connectivity index (χ4v) is 3.69. The number of hydrogen-bond acceptors (Lipinski definition) is 3. The molecule has 150 valence electrons. The van der Waals surface area contributed by atoms with Gasteiger partial charge >= 0.3 is 0 Å². The number of carbonyl (C=O) groups is 1. The SMILES string of the molecule is CC[C@H](C)c1ccccc1OCC(=O)NCc1ccccc1CN1CCCC1. The Morgan fingerprint density at radius 1 is 1.07 bits per heavy atom. The number of likely N-dealkylation sites (tertiary alicyclic amines) is 1. The molecule has 0 aromatic heterocycles. The smallest absolute Gasteiger partial charge is 0.258 e. The van der Waals surface area contributed by atoms with Crippen molar-refractivity contribution in [2.24, 2.45) is 0 Å². The van der Waals surface area contributed by atoms with Crippen molar-refractivity contribution in [3.63, 3.8) is 0 Å². The summed E-state index contributed by atoms with van der Waals surface area (Å²) in [6.07, 6.45) is 3.61. The maximum Gasteiger partial charge on any atom is 0.258 e. The molecule has 2 aromatic carbocycles. The minimum absolute atomic E-state index is 0.0434. The molecule has 0 radical (unpaired) electrons. The normalized spacial score (nSPS) is 15.4. The lowest BCUT2D eigenvalue weighted by Crippen LogP contribution is -2.29. The zero-order valence-corrected chi connectivity index (χ0v) is 17.1. The Labute approximate surface area is 168 Å². The molecular formula is C24H32N2O2. The Hall–Kier alpha value is -2.33. The van der Waals surface area contributed by atoms with Gasteiger partial charge in [-0.3, -0.25) is 9.69 Å². The van der Waals surface area contributed by atoms with Crippen LogP contribution in [0.15, 0.2) is 48.5 Å². The van der Waals surface area contributed by atoms with Crippen molar-refractivity contribution in [3.05, 3.63) is 65.2 Å². The van der Waals surface area contributed by atoms with Crippen LogP contribution in [-0.2, 0) is 17.9 Å². The average molecular weight is 381 g/mol. The number of benzene rings is 2. The van der Waals surface area contributed by atoms with Gasteiger partial charge in [-0.15, -0.1) is 0 Å². The van der Waals surface area contributed by atoms with Crippen LogP contribution >= 0.6 is 0 Å². The minimum Gasteiger partial charge on any atom is -0.483 e. The molecule has 0 spiro atoms. The summed E-state index contributed by atoms with van der Waals surface area (Å²) >= 11 is 0. The zero-order valence-electron chi connectivity index (χ0n) is 17.1. The van der Waals surface area contributed by atoms with Crippen molar-refractivity contribution in [2.45, 2.75) is 52.1 Å². The third kappa shape index (κ3) is 5.59. The van der Waals surface area contributed by atoms with Gasteiger partial charge in [0.05, 0.1) is 0 Å². The summed E-state index contributed by atoms with van der Waals surface area (Å²) in [7, 11) is 0. The summed E-state index contributed by atoms with van der Waals surface area (Å²) in [5.41, 5.74) is 3.64. The molecule has 1 N–H and O–H groups in total. The van der Waals surface area contributed by atoms with E-state index >= 15 is 0 Å². The van der Waals surface area contributed by atoms with Crippen molar-refractivity contribution in [3.8, 4) is 5.75 Å². The summed E-state index contributed by atoms with van der Waals surface area (Å²) in [6, 6.07) is 16.4. The first kappa shape index (κ1) is 20.4. The summed E-state index contributed by atoms with van der Waals surface area (Å²) in [5.74, 6) is 1.13. The highest BCUT2D eigenvalue weighted by molar-refractivity contribution is 5.77. The number of para-hydroxylation sites is 1. The fourth-order valence-electron chi connectivity index (χ4n) is 3.69. The number of amides is 1. The van der Waals surface area contributed by atoms with Gasteiger partial charge in [0.1, 0.15) is 5.75 Å². The van der Waals surface area contributed by atoms with Gasteiger partial charge in [0.25, 0.3) is 5.91 Å². The van der Waals surface area contributed by atoms with Crippen LogP contribution in [0.2, 0.25) is 0 Å². The lowest BCUT2D eigenvalue weighted by atomic mass is 9.98. The highest BCUT2D eigenvalue weighted by Gasteiger charge is 2.14. The van der Waals surface area contributed by atoms with Crippen molar-refractivity contribution in [2.75, 3.05) is 19.7 Å². The van der Waals surface area contributed by atoms with Gasteiger partial charge in [-0.25, -0.2) is 0 Å². The third-order valence-corrected chi connectivity index (χ3v) is 5.61. The molecule has 1 fully saturated rings. The van der Waals surface area contributed by atoms with Gasteiger partial charge in [-0.05, 0) is 61.0 Å². The van der Waals surface area contributed by atoms with E-state index in [1.54, 1.807) is 0 Å². The van der Waals surface area contributed by atoms with Crippen LogP contribution in [0.3, 0.4) is 0 Å². The van der Waals surface area contributed by atoms with Gasteiger partial charge < -0.3 is 10.1 Å². The van der Waals surface area contributed by atoms with Gasteiger partial charge in [0.2, 0.25) is 0 Å². The van der Waals surface area contributed by atoms with E-state index in [9.17, 15) is 4.79 Å². The van der Waals surface area contributed by atoms with Gasteiger partial charge in [0, 0.05) is 13.1 Å². The van der Waals surface area contributed by atoms with Crippen molar-refractivity contribution < 1.29 is 9.53 Å². The lowest BCUT2D eigenvalue weighted by Gasteiger charge is -2.18. The summed E-state index contributed by atoms with van der Waals surface area (Å²) < 4.78 is 5.83. The number of ether oxygens (including phenoxy) is 1. The molecule has 0 unspecified atom stereocenters. The second-order valence-electron chi connectivity index (χ2n) is 7.66. The molecule has 1 aliphatic rings. The van der Waals surface area contributed by atoms with Crippen LogP contribution in [-0.4, -0.2) is 30.5 Å². The molecule has 0 saturated carbocycles. The summed E-state index contributed by atoms with van der Waals surface area (Å²) in [6.45, 7) is 8.23. The van der Waals surface area contributed by atoms with Crippen LogP contribution in [0.25, 0.3) is 0 Å². The van der Waals surface area contributed by atoms with Crippen LogP contribution < -0.4 is 10.1 Å². The van der Waals surface area contributed by atoms with Crippen molar-refractivity contribution in [1.82, 2.24) is 10.2 Å². The second kappa shape index (κ2) is 10.3. The quantitative estimate of drug-likeness (QED) is 0.697. The summed E-state index contributed by atoms with van der Waals surface area (Å²) in [4.78, 5) is 14.8. The highest BCUT2D eigenvalue weighted by Crippen LogP contribution is 2.28. The Morgan fingerprint density at radius 2 is 1.75 bits per heavy atom. The van der Waals surface area contributed by atoms with E-state index in [4.69, 9.17) is 4.74 Å². The molecule has 1 atom stereocenters. The van der Waals surface area contributed by atoms with E-state index in [1.165, 1.54) is 37.1 Å². The molecule has 4 heteroatoms. The molecule has 1 saturated heterocycles. The predicted molar refractivity (Wildman–Crippen MR) is 113 cm³/mol. The first-order valence-electron chi connectivity index (χ1n) is 10.4. The standard InChI is InChI=1S/C24H32N2O2/c1-3-19(2)22-12-6-7-13-23(22)28-18-24(27)25-16-20-10-4-5-11-21(20)17-26-14-8-9-15-26/h4-7,10-13,19H,3,8-9,14-18H2,1-2H3,(H,25,27)/t19-/m0/s1. The largest absolute Gasteiger partial charge is 0.483 e. The van der Waals surface area contributed by atoms with Gasteiger partial charge in [-0.2, -0.15) is 0 Å². The minimum atomic E-state index is -0.0880. The molecule has 0 aliphatic carbocycles. The molecule has 0 bridgehead atoms. The average Bonchev–Trinajstić information content (AvgIpc) is 3.24. The Bertz CT molecular complexity index is 769. The number of nitrogens with zero attached hydrogens (tertiary/aromatic N) is 1. The first-order chi connectivity index (χ1) is 13.7. The summed E-state index contributed by atoms with van der Waals surface area (Å²) in [5, 5.41) is 3.01. The molecule has 1 aliphatic heterocycles. The van der Waals surface area contributed by atoms with E-state index in [0.29, 0.717) is 12.5 Å². The van der Waals surface area contributed by atoms with E-state index < -0.39 is 0 Å². The first-order valence-corrected chi connectivity index (χ1v) is 10.4. The molecule has 1 amide bonds. The molecule has 2 aromatic rings. The lowest BCUT2D eigenvalue weighted by molar-refractivity contribution is -0.123. The molecular weight excluding hydrogens is 348 g/mol. The van der Waals surface area contributed by atoms with Crippen LogP contribution in [0.1, 0.15) is 55.7 Å². The monoisotopic (exact) mass is 380 g/mol. The van der Waals surface area contributed by atoms with E-state index in [0.717, 1.165) is 24.3 Å². The van der Waals surface area contributed by atoms with Crippen LogP contribution in [0.4, 0.5) is 0 Å². The van der Waals surface area contributed by atoms with Gasteiger partial charge in [0.15, 0.2) is 6.61 Å². The molecule has 4 nitrogen and oxygen atoms in total. The van der Waals surface area contributed by atoms with Gasteiger partial charge in [-0.1, -0.05) is 56.3 Å². The number of nitrogens with one attached hydrogen (secondary N) is 1. The maximum atomic E-state index is 12.3. The Morgan fingerprint density at radius 3 is 2.50 bits per heavy atom. The van der Waals surface area contributed by atoms with Crippen LogP contribution in [0.5, 0.6) is 5.75 Å². The van der Waals surface area contributed by atoms with Crippen molar-refractivity contribution in [1.29, 1.82) is 0 Å². The van der Waals surface area contributed by atoms with Crippen LogP contribution in [0, 0.1) is 0 Å². The number of rotatable bonds is 9. The predicted octanol–water partition coefficient (Wildman–Crippen LogP) is 4.49. The number of hydrogen-bond donors (Lipinski definition) is 1. The topological polar surface area (TPSA) is 41.6 Å². The second-order valence-corrected chi connectivity index (χ2v) is 7.66. The molecule has 3 rings (SSSR count).